The van der Waals surface area contributed by atoms with Crippen molar-refractivity contribution >= 4 is 24.8 Å². The van der Waals surface area contributed by atoms with E-state index in [1.165, 1.54) is 18.5 Å². The van der Waals surface area contributed by atoms with Crippen molar-refractivity contribution in [2.24, 2.45) is 5.73 Å². The molecule has 114 valence electrons. The lowest BCUT2D eigenvalue weighted by atomic mass is 10.1. The van der Waals surface area contributed by atoms with E-state index in [1.807, 2.05) is 0 Å². The van der Waals surface area contributed by atoms with Crippen LogP contribution < -0.4 is 11.1 Å². The summed E-state index contributed by atoms with van der Waals surface area (Å²) < 4.78 is 0. The van der Waals surface area contributed by atoms with E-state index in [0.717, 1.165) is 32.0 Å². The lowest BCUT2D eigenvalue weighted by Crippen LogP contribution is -2.33. The van der Waals surface area contributed by atoms with Crippen LogP contribution in [-0.2, 0) is 0 Å². The summed E-state index contributed by atoms with van der Waals surface area (Å²) in [4.78, 5) is 2.47. The lowest BCUT2D eigenvalue weighted by Gasteiger charge is -2.15. The summed E-state index contributed by atoms with van der Waals surface area (Å²) in [5.41, 5.74) is 7.39. The molecule has 1 heterocycles. The molecule has 1 saturated heterocycles. The van der Waals surface area contributed by atoms with E-state index in [4.69, 9.17) is 5.73 Å². The Morgan fingerprint density at radius 1 is 1.20 bits per heavy atom. The van der Waals surface area contributed by atoms with Gasteiger partial charge < -0.3 is 16.0 Å². The first-order valence-electron chi connectivity index (χ1n) is 7.09. The van der Waals surface area contributed by atoms with E-state index in [0.29, 0.717) is 12.1 Å². The topological polar surface area (TPSA) is 41.3 Å². The van der Waals surface area contributed by atoms with Gasteiger partial charge in [0.15, 0.2) is 0 Å². The first-order valence-corrected chi connectivity index (χ1v) is 7.09. The number of hydrogen-bond acceptors (Lipinski definition) is 3. The number of likely N-dealkylation sites (tertiary alicyclic amines) is 1. The van der Waals surface area contributed by atoms with Crippen molar-refractivity contribution in [1.29, 1.82) is 0 Å². The van der Waals surface area contributed by atoms with Gasteiger partial charge in [0, 0.05) is 37.6 Å². The van der Waals surface area contributed by atoms with Gasteiger partial charge in [0.1, 0.15) is 0 Å². The first kappa shape index (κ1) is 17.7. The van der Waals surface area contributed by atoms with Gasteiger partial charge in [-0.2, -0.15) is 0 Å². The van der Waals surface area contributed by atoms with Crippen LogP contribution in [0.25, 0.3) is 0 Å². The largest absolute Gasteiger partial charge is 0.326 e. The second-order valence-corrected chi connectivity index (χ2v) is 5.66. The molecule has 1 unspecified atom stereocenters. The molecule has 1 aromatic carbocycles. The third-order valence-electron chi connectivity index (χ3n) is 4.16. The highest BCUT2D eigenvalue weighted by atomic mass is 35.5. The molecular formula is C15H25Cl2N3. The Bertz CT molecular complexity index is 388. The predicted molar refractivity (Wildman–Crippen MR) is 89.1 cm³/mol. The fourth-order valence-corrected chi connectivity index (χ4v) is 2.96. The molecule has 3 rings (SSSR count). The number of hydrogen-bond donors (Lipinski definition) is 2. The molecule has 1 aliphatic carbocycles. The maximum Gasteiger partial charge on any atom is 0.0180 e. The van der Waals surface area contributed by atoms with Crippen LogP contribution in [0.1, 0.15) is 24.3 Å². The van der Waals surface area contributed by atoms with Crippen LogP contribution >= 0.6 is 24.8 Å². The Hall–Kier alpha value is -0.320. The molecule has 0 radical (unpaired) electrons. The van der Waals surface area contributed by atoms with Gasteiger partial charge in [0.05, 0.1) is 0 Å². The van der Waals surface area contributed by atoms with Gasteiger partial charge in [0.2, 0.25) is 0 Å². The molecular weight excluding hydrogens is 293 g/mol. The molecule has 3 nitrogen and oxygen atoms in total. The van der Waals surface area contributed by atoms with Gasteiger partial charge in [-0.15, -0.1) is 24.8 Å². The van der Waals surface area contributed by atoms with Gasteiger partial charge >= 0.3 is 0 Å². The summed E-state index contributed by atoms with van der Waals surface area (Å²) in [5.74, 6) is 0.743. The molecule has 0 amide bonds. The molecule has 3 N–H and O–H groups in total. The Morgan fingerprint density at radius 2 is 1.95 bits per heavy atom. The van der Waals surface area contributed by atoms with E-state index >= 15 is 0 Å². The summed E-state index contributed by atoms with van der Waals surface area (Å²) in [7, 11) is 0. The van der Waals surface area contributed by atoms with Crippen LogP contribution in [0.15, 0.2) is 30.3 Å². The van der Waals surface area contributed by atoms with Crippen molar-refractivity contribution in [2.45, 2.75) is 30.8 Å². The maximum absolute atomic E-state index is 5.90. The summed E-state index contributed by atoms with van der Waals surface area (Å²) in [6, 6.07) is 11.9. The highest BCUT2D eigenvalue weighted by Gasteiger charge is 2.37. The summed E-state index contributed by atoms with van der Waals surface area (Å²) in [6.07, 6.45) is 2.46. The predicted octanol–water partition coefficient (Wildman–Crippen LogP) is 2.01. The fraction of sp³-hybridized carbons (Fsp3) is 0.600. The minimum atomic E-state index is 0. The molecule has 2 aliphatic rings. The third-order valence-corrected chi connectivity index (χ3v) is 4.16. The van der Waals surface area contributed by atoms with E-state index in [1.54, 1.807) is 0 Å². The molecule has 0 bridgehead atoms. The summed E-state index contributed by atoms with van der Waals surface area (Å²) >= 11 is 0. The van der Waals surface area contributed by atoms with E-state index in [-0.39, 0.29) is 24.8 Å². The second-order valence-electron chi connectivity index (χ2n) is 5.66. The Morgan fingerprint density at radius 3 is 2.60 bits per heavy atom. The van der Waals surface area contributed by atoms with E-state index in [9.17, 15) is 0 Å². The van der Waals surface area contributed by atoms with Crippen LogP contribution in [-0.4, -0.2) is 43.2 Å². The van der Waals surface area contributed by atoms with E-state index in [2.05, 4.69) is 40.5 Å². The molecule has 1 aromatic rings. The summed E-state index contributed by atoms with van der Waals surface area (Å²) in [6.45, 7) is 4.50. The Kier molecular flexibility index (Phi) is 7.27. The van der Waals surface area contributed by atoms with Crippen LogP contribution in [0.5, 0.6) is 0 Å². The Balaban J connectivity index is 0.000001000. The molecule has 20 heavy (non-hydrogen) atoms. The minimum absolute atomic E-state index is 0. The average Bonchev–Trinajstić information content (AvgIpc) is 3.05. The van der Waals surface area contributed by atoms with Gasteiger partial charge in [-0.25, -0.2) is 0 Å². The number of nitrogens with one attached hydrogen (secondary N) is 1. The number of nitrogens with two attached hydrogens (primary N) is 1. The van der Waals surface area contributed by atoms with Crippen LogP contribution in [0, 0.1) is 0 Å². The molecule has 1 aliphatic heterocycles. The minimum Gasteiger partial charge on any atom is -0.326 e. The lowest BCUT2D eigenvalue weighted by molar-refractivity contribution is 0.331. The number of halogens is 2. The molecule has 2 fully saturated rings. The van der Waals surface area contributed by atoms with E-state index < -0.39 is 0 Å². The average molecular weight is 318 g/mol. The molecule has 0 spiro atoms. The van der Waals surface area contributed by atoms with Crippen molar-refractivity contribution in [3.8, 4) is 0 Å². The number of benzene rings is 1. The van der Waals surface area contributed by atoms with Crippen molar-refractivity contribution in [3.05, 3.63) is 35.9 Å². The smallest absolute Gasteiger partial charge is 0.0180 e. The molecule has 0 aromatic heterocycles. The second kappa shape index (κ2) is 8.20. The van der Waals surface area contributed by atoms with Crippen LogP contribution in [0.4, 0.5) is 0 Å². The number of nitrogens with zero attached hydrogens (tertiary/aromatic N) is 1. The van der Waals surface area contributed by atoms with Crippen molar-refractivity contribution < 1.29 is 0 Å². The SMILES string of the molecule is Cl.Cl.N[C@@H]1CCN(CCN[C@H]2CC2c2ccccc2)C1. The first-order chi connectivity index (χ1) is 8.83. The van der Waals surface area contributed by atoms with Gasteiger partial charge in [-0.3, -0.25) is 0 Å². The zero-order chi connectivity index (χ0) is 12.4. The maximum atomic E-state index is 5.90. The molecule has 5 heteroatoms. The van der Waals surface area contributed by atoms with Crippen LogP contribution in [0.2, 0.25) is 0 Å². The van der Waals surface area contributed by atoms with Crippen molar-refractivity contribution in [2.75, 3.05) is 26.2 Å². The molecule has 3 atom stereocenters. The zero-order valence-electron chi connectivity index (χ0n) is 11.7. The van der Waals surface area contributed by atoms with Gasteiger partial charge in [-0.05, 0) is 24.9 Å². The third kappa shape index (κ3) is 4.61. The number of rotatable bonds is 5. The quantitative estimate of drug-likeness (QED) is 0.873. The highest BCUT2D eigenvalue weighted by molar-refractivity contribution is 5.85. The fourth-order valence-electron chi connectivity index (χ4n) is 2.96. The normalized spacial score (nSPS) is 28.6. The molecule has 1 saturated carbocycles. The summed E-state index contributed by atoms with van der Waals surface area (Å²) in [5, 5.41) is 3.66. The van der Waals surface area contributed by atoms with Gasteiger partial charge in [-0.1, -0.05) is 30.3 Å². The highest BCUT2D eigenvalue weighted by Crippen LogP contribution is 2.40. The van der Waals surface area contributed by atoms with Crippen molar-refractivity contribution in [1.82, 2.24) is 10.2 Å². The van der Waals surface area contributed by atoms with Crippen molar-refractivity contribution in [3.63, 3.8) is 0 Å². The zero-order valence-corrected chi connectivity index (χ0v) is 13.3. The standard InChI is InChI=1S/C15H23N3.2ClH/c16-13-6-8-18(11-13)9-7-17-15-10-14(15)12-4-2-1-3-5-12;;/h1-5,13-15,17H,6-11,16H2;2*1H/t13-,14?,15+;;/m1../s1. The monoisotopic (exact) mass is 317 g/mol. The Labute approximate surface area is 134 Å². The van der Waals surface area contributed by atoms with Crippen LogP contribution in [0.3, 0.4) is 0 Å². The van der Waals surface area contributed by atoms with Gasteiger partial charge in [0.25, 0.3) is 0 Å².